The van der Waals surface area contributed by atoms with Crippen LogP contribution in [0.15, 0.2) is 36.4 Å². The molecule has 0 bridgehead atoms. The molecule has 0 aromatic heterocycles. The zero-order chi connectivity index (χ0) is 18.4. The monoisotopic (exact) mass is 367 g/mol. The van der Waals surface area contributed by atoms with Crippen LogP contribution >= 0.6 is 11.6 Å². The summed E-state index contributed by atoms with van der Waals surface area (Å²) in [5.41, 5.74) is 1.37. The minimum Gasteiger partial charge on any atom is -0.493 e. The Morgan fingerprint density at radius 2 is 2.08 bits per heavy atom. The molecule has 7 heteroatoms. The van der Waals surface area contributed by atoms with E-state index in [-0.39, 0.29) is 18.2 Å². The summed E-state index contributed by atoms with van der Waals surface area (Å²) in [6.07, 6.45) is 0. The number of carbonyl (C=O) groups is 1. The maximum atomic E-state index is 13.1. The van der Waals surface area contributed by atoms with Gasteiger partial charge in [-0.15, -0.1) is 0 Å². The van der Waals surface area contributed by atoms with Gasteiger partial charge in [-0.1, -0.05) is 29.8 Å². The highest BCUT2D eigenvalue weighted by Gasteiger charge is 2.15. The van der Waals surface area contributed by atoms with Gasteiger partial charge in [-0.3, -0.25) is 4.79 Å². The van der Waals surface area contributed by atoms with Gasteiger partial charge in [0.1, 0.15) is 18.5 Å². The van der Waals surface area contributed by atoms with E-state index >= 15 is 0 Å². The molecular weight excluding hydrogens is 349 g/mol. The number of aliphatic carboxylic acids is 1. The Morgan fingerprint density at radius 1 is 1.32 bits per heavy atom. The van der Waals surface area contributed by atoms with Crippen LogP contribution < -0.4 is 14.8 Å². The lowest BCUT2D eigenvalue weighted by Crippen LogP contribution is -2.33. The van der Waals surface area contributed by atoms with Crippen molar-refractivity contribution in [2.24, 2.45) is 0 Å². The zero-order valence-corrected chi connectivity index (χ0v) is 14.6. The molecule has 0 saturated heterocycles. The van der Waals surface area contributed by atoms with Gasteiger partial charge in [0.05, 0.1) is 12.1 Å². The Balaban J connectivity index is 2.18. The summed E-state index contributed by atoms with van der Waals surface area (Å²) in [5.74, 6) is -0.363. The van der Waals surface area contributed by atoms with Crippen molar-refractivity contribution in [2.75, 3.05) is 7.11 Å². The van der Waals surface area contributed by atoms with Crippen LogP contribution in [-0.2, 0) is 17.9 Å². The van der Waals surface area contributed by atoms with Crippen LogP contribution in [0.1, 0.15) is 18.1 Å². The van der Waals surface area contributed by atoms with Crippen molar-refractivity contribution >= 4 is 17.6 Å². The number of hydrogen-bond acceptors (Lipinski definition) is 4. The number of rotatable bonds is 8. The molecule has 0 saturated carbocycles. The fraction of sp³-hybridized carbons (Fsp3) is 0.278. The van der Waals surface area contributed by atoms with E-state index in [4.69, 9.17) is 26.2 Å². The van der Waals surface area contributed by atoms with Crippen molar-refractivity contribution in [3.05, 3.63) is 58.4 Å². The second kappa shape index (κ2) is 8.69. The van der Waals surface area contributed by atoms with E-state index in [9.17, 15) is 9.18 Å². The molecule has 2 aromatic rings. The lowest BCUT2D eigenvalue weighted by atomic mass is 10.1. The van der Waals surface area contributed by atoms with E-state index in [1.165, 1.54) is 19.2 Å². The summed E-state index contributed by atoms with van der Waals surface area (Å²) in [6, 6.07) is 8.72. The summed E-state index contributed by atoms with van der Waals surface area (Å²) >= 11 is 6.02. The molecule has 2 N–H and O–H groups in total. The molecule has 0 radical (unpaired) electrons. The average molecular weight is 368 g/mol. The van der Waals surface area contributed by atoms with Gasteiger partial charge in [0.15, 0.2) is 11.5 Å². The third kappa shape index (κ3) is 5.08. The molecule has 0 aliphatic heterocycles. The molecular formula is C18H19ClFNO4. The third-order valence-corrected chi connectivity index (χ3v) is 3.99. The van der Waals surface area contributed by atoms with Crippen molar-refractivity contribution in [1.29, 1.82) is 0 Å². The topological polar surface area (TPSA) is 67.8 Å². The normalized spacial score (nSPS) is 11.8. The second-order valence-electron chi connectivity index (χ2n) is 5.41. The summed E-state index contributed by atoms with van der Waals surface area (Å²) in [7, 11) is 1.52. The molecule has 2 aromatic carbocycles. The number of ether oxygens (including phenoxy) is 2. The zero-order valence-electron chi connectivity index (χ0n) is 13.9. The van der Waals surface area contributed by atoms with E-state index < -0.39 is 17.8 Å². The number of methoxy groups -OCH3 is 1. The Bertz CT molecular complexity index is 754. The van der Waals surface area contributed by atoms with Crippen molar-refractivity contribution in [3.63, 3.8) is 0 Å². The minimum absolute atomic E-state index is 0.126. The summed E-state index contributed by atoms with van der Waals surface area (Å²) < 4.78 is 24.3. The Kier molecular flexibility index (Phi) is 6.61. The van der Waals surface area contributed by atoms with Gasteiger partial charge in [-0.2, -0.15) is 0 Å². The van der Waals surface area contributed by atoms with Gasteiger partial charge >= 0.3 is 5.97 Å². The number of nitrogens with one attached hydrogen (secondary N) is 1. The first-order valence-corrected chi connectivity index (χ1v) is 7.99. The predicted molar refractivity (Wildman–Crippen MR) is 92.7 cm³/mol. The number of halogens is 2. The second-order valence-corrected chi connectivity index (χ2v) is 5.82. The highest BCUT2D eigenvalue weighted by atomic mass is 35.5. The molecule has 0 amide bonds. The van der Waals surface area contributed by atoms with Gasteiger partial charge < -0.3 is 19.9 Å². The summed E-state index contributed by atoms with van der Waals surface area (Å²) in [5, 5.41) is 12.1. The van der Waals surface area contributed by atoms with Crippen LogP contribution in [0.4, 0.5) is 4.39 Å². The standard InChI is InChI=1S/C18H19ClFNO4/c1-11(18(22)23)21-9-12-4-3-5-16(24-2)17(12)25-10-13-6-7-14(20)8-15(13)19/h3-8,11,21H,9-10H2,1-2H3,(H,22,23). The average Bonchev–Trinajstić information content (AvgIpc) is 2.58. The fourth-order valence-electron chi connectivity index (χ4n) is 2.16. The van der Waals surface area contributed by atoms with Crippen LogP contribution in [-0.4, -0.2) is 24.2 Å². The van der Waals surface area contributed by atoms with Crippen LogP contribution in [0.3, 0.4) is 0 Å². The molecule has 2 rings (SSSR count). The van der Waals surface area contributed by atoms with Gasteiger partial charge in [0.25, 0.3) is 0 Å². The number of benzene rings is 2. The van der Waals surface area contributed by atoms with Crippen LogP contribution in [0.2, 0.25) is 5.02 Å². The molecule has 0 aliphatic rings. The van der Waals surface area contributed by atoms with Gasteiger partial charge in [0.2, 0.25) is 0 Å². The highest BCUT2D eigenvalue weighted by molar-refractivity contribution is 6.31. The van der Waals surface area contributed by atoms with E-state index in [0.29, 0.717) is 17.1 Å². The van der Waals surface area contributed by atoms with Gasteiger partial charge in [0, 0.05) is 17.7 Å². The molecule has 25 heavy (non-hydrogen) atoms. The molecule has 134 valence electrons. The summed E-state index contributed by atoms with van der Waals surface area (Å²) in [6.45, 7) is 1.97. The van der Waals surface area contributed by atoms with E-state index in [0.717, 1.165) is 5.56 Å². The molecule has 0 fully saturated rings. The first kappa shape index (κ1) is 19.0. The molecule has 1 unspecified atom stereocenters. The number of para-hydroxylation sites is 1. The van der Waals surface area contributed by atoms with Crippen molar-refractivity contribution in [2.45, 2.75) is 26.1 Å². The minimum atomic E-state index is -0.941. The largest absolute Gasteiger partial charge is 0.493 e. The Labute approximate surface area is 150 Å². The van der Waals surface area contributed by atoms with Crippen LogP contribution in [0, 0.1) is 5.82 Å². The lowest BCUT2D eigenvalue weighted by molar-refractivity contribution is -0.139. The Morgan fingerprint density at radius 3 is 2.72 bits per heavy atom. The predicted octanol–water partition coefficient (Wildman–Crippen LogP) is 3.63. The SMILES string of the molecule is COc1cccc(CNC(C)C(=O)O)c1OCc1ccc(F)cc1Cl. The van der Waals surface area contributed by atoms with Crippen LogP contribution in [0.5, 0.6) is 11.5 Å². The van der Waals surface area contributed by atoms with Crippen molar-refractivity contribution in [1.82, 2.24) is 5.32 Å². The number of hydrogen-bond donors (Lipinski definition) is 2. The number of carboxylic acid groups (broad SMARTS) is 1. The molecule has 0 heterocycles. The number of carboxylic acids is 1. The lowest BCUT2D eigenvalue weighted by Gasteiger charge is -2.17. The third-order valence-electron chi connectivity index (χ3n) is 3.64. The first-order valence-electron chi connectivity index (χ1n) is 7.61. The summed E-state index contributed by atoms with van der Waals surface area (Å²) in [4.78, 5) is 10.9. The Hall–Kier alpha value is -2.31. The van der Waals surface area contributed by atoms with Crippen molar-refractivity contribution < 1.29 is 23.8 Å². The van der Waals surface area contributed by atoms with E-state index in [1.807, 2.05) is 6.07 Å². The smallest absolute Gasteiger partial charge is 0.320 e. The first-order chi connectivity index (χ1) is 11.9. The van der Waals surface area contributed by atoms with E-state index in [1.54, 1.807) is 25.1 Å². The highest BCUT2D eigenvalue weighted by Crippen LogP contribution is 2.32. The molecule has 5 nitrogen and oxygen atoms in total. The van der Waals surface area contributed by atoms with Crippen molar-refractivity contribution in [3.8, 4) is 11.5 Å². The van der Waals surface area contributed by atoms with Gasteiger partial charge in [-0.05, 0) is 25.1 Å². The fourth-order valence-corrected chi connectivity index (χ4v) is 2.39. The van der Waals surface area contributed by atoms with Crippen LogP contribution in [0.25, 0.3) is 0 Å². The molecule has 1 atom stereocenters. The van der Waals surface area contributed by atoms with E-state index in [2.05, 4.69) is 5.32 Å². The molecule has 0 aliphatic carbocycles. The maximum absolute atomic E-state index is 13.1. The molecule has 0 spiro atoms. The van der Waals surface area contributed by atoms with Gasteiger partial charge in [-0.25, -0.2) is 4.39 Å². The maximum Gasteiger partial charge on any atom is 0.320 e. The quantitative estimate of drug-likeness (QED) is 0.745.